The first kappa shape index (κ1) is 12.9. The molecule has 9 heteroatoms. The summed E-state index contributed by atoms with van der Waals surface area (Å²) in [6.07, 6.45) is 4.61. The van der Waals surface area contributed by atoms with E-state index in [-0.39, 0.29) is 12.5 Å². The summed E-state index contributed by atoms with van der Waals surface area (Å²) in [7, 11) is 0. The predicted octanol–water partition coefficient (Wildman–Crippen LogP) is 0.637. The first-order valence-corrected chi connectivity index (χ1v) is 6.02. The molecule has 0 saturated carbocycles. The monoisotopic (exact) mass is 287 g/mol. The smallest absolute Gasteiger partial charge is 0.246 e. The maximum absolute atomic E-state index is 13.4. The summed E-state index contributed by atoms with van der Waals surface area (Å²) in [6, 6.07) is 5.80. The third-order valence-electron chi connectivity index (χ3n) is 2.68. The minimum Gasteiger partial charge on any atom is -0.323 e. The second kappa shape index (κ2) is 5.49. The van der Waals surface area contributed by atoms with Gasteiger partial charge in [-0.3, -0.25) is 4.79 Å². The lowest BCUT2D eigenvalue weighted by atomic mass is 10.2. The molecule has 0 atom stereocenters. The van der Waals surface area contributed by atoms with E-state index >= 15 is 0 Å². The first-order chi connectivity index (χ1) is 10.2. The van der Waals surface area contributed by atoms with Crippen molar-refractivity contribution in [3.63, 3.8) is 0 Å². The SMILES string of the molecule is O=C(Cn1cnnn1)Nc1cc(F)ccc1-n1cccn1. The number of amides is 1. The van der Waals surface area contributed by atoms with Crippen LogP contribution in [0.1, 0.15) is 0 Å². The number of nitrogens with zero attached hydrogens (tertiary/aromatic N) is 6. The molecule has 0 saturated heterocycles. The van der Waals surface area contributed by atoms with E-state index in [2.05, 4.69) is 25.9 Å². The van der Waals surface area contributed by atoms with Gasteiger partial charge in [-0.1, -0.05) is 0 Å². The molecule has 1 amide bonds. The Labute approximate surface area is 118 Å². The minimum atomic E-state index is -0.455. The number of tetrazole rings is 1. The Hall–Kier alpha value is -3.10. The van der Waals surface area contributed by atoms with Gasteiger partial charge in [-0.2, -0.15) is 5.10 Å². The number of hydrogen-bond acceptors (Lipinski definition) is 5. The van der Waals surface area contributed by atoms with Gasteiger partial charge in [0.15, 0.2) is 0 Å². The van der Waals surface area contributed by atoms with Crippen LogP contribution >= 0.6 is 0 Å². The number of anilines is 1. The maximum atomic E-state index is 13.4. The summed E-state index contributed by atoms with van der Waals surface area (Å²) >= 11 is 0. The summed E-state index contributed by atoms with van der Waals surface area (Å²) in [6.45, 7) is -0.0674. The first-order valence-electron chi connectivity index (χ1n) is 6.02. The van der Waals surface area contributed by atoms with Crippen molar-refractivity contribution in [2.45, 2.75) is 6.54 Å². The third kappa shape index (κ3) is 2.91. The van der Waals surface area contributed by atoms with Crippen LogP contribution in [-0.2, 0) is 11.3 Å². The van der Waals surface area contributed by atoms with E-state index in [0.717, 1.165) is 0 Å². The highest BCUT2D eigenvalue weighted by atomic mass is 19.1. The van der Waals surface area contributed by atoms with E-state index in [1.165, 1.54) is 33.9 Å². The van der Waals surface area contributed by atoms with Gasteiger partial charge in [0.2, 0.25) is 5.91 Å². The van der Waals surface area contributed by atoms with Crippen molar-refractivity contribution in [3.8, 4) is 5.69 Å². The fourth-order valence-corrected chi connectivity index (χ4v) is 1.81. The molecule has 0 aliphatic rings. The Morgan fingerprint density at radius 3 is 3.00 bits per heavy atom. The molecule has 0 bridgehead atoms. The van der Waals surface area contributed by atoms with E-state index < -0.39 is 5.82 Å². The van der Waals surface area contributed by atoms with Crippen LogP contribution in [0, 0.1) is 5.82 Å². The second-order valence-electron chi connectivity index (χ2n) is 4.17. The lowest BCUT2D eigenvalue weighted by Crippen LogP contribution is -2.20. The molecule has 2 aromatic heterocycles. The molecule has 106 valence electrons. The Balaban J connectivity index is 1.84. The quantitative estimate of drug-likeness (QED) is 0.760. The van der Waals surface area contributed by atoms with Crippen molar-refractivity contribution in [2.75, 3.05) is 5.32 Å². The van der Waals surface area contributed by atoms with Crippen molar-refractivity contribution in [1.29, 1.82) is 0 Å². The molecule has 1 N–H and O–H groups in total. The number of halogens is 1. The zero-order chi connectivity index (χ0) is 14.7. The van der Waals surface area contributed by atoms with Gasteiger partial charge in [0, 0.05) is 12.4 Å². The van der Waals surface area contributed by atoms with Crippen molar-refractivity contribution in [3.05, 3.63) is 48.8 Å². The molecule has 0 radical (unpaired) electrons. The molecule has 0 aliphatic heterocycles. The molecule has 3 rings (SSSR count). The Kier molecular flexibility index (Phi) is 3.37. The van der Waals surface area contributed by atoms with E-state index in [4.69, 9.17) is 0 Å². The Bertz CT molecular complexity index is 739. The number of aromatic nitrogens is 6. The van der Waals surface area contributed by atoms with Crippen LogP contribution in [0.15, 0.2) is 43.0 Å². The summed E-state index contributed by atoms with van der Waals surface area (Å²) in [5.74, 6) is -0.829. The molecule has 21 heavy (non-hydrogen) atoms. The fourth-order valence-electron chi connectivity index (χ4n) is 1.81. The zero-order valence-corrected chi connectivity index (χ0v) is 10.7. The van der Waals surface area contributed by atoms with E-state index in [0.29, 0.717) is 11.4 Å². The number of nitrogens with one attached hydrogen (secondary N) is 1. The van der Waals surface area contributed by atoms with E-state index in [9.17, 15) is 9.18 Å². The molecule has 0 aliphatic carbocycles. The number of carbonyl (C=O) groups is 1. The van der Waals surface area contributed by atoms with Gasteiger partial charge in [0.05, 0.1) is 11.4 Å². The van der Waals surface area contributed by atoms with Gasteiger partial charge in [-0.15, -0.1) is 5.10 Å². The van der Waals surface area contributed by atoms with Gasteiger partial charge >= 0.3 is 0 Å². The molecule has 0 unspecified atom stereocenters. The standard InChI is InChI=1S/C12H10FN7O/c13-9-2-3-11(20-5-1-4-15-20)10(6-9)16-12(21)7-19-8-14-17-18-19/h1-6,8H,7H2,(H,16,21). The van der Waals surface area contributed by atoms with E-state index in [1.807, 2.05) is 0 Å². The average molecular weight is 287 g/mol. The van der Waals surface area contributed by atoms with Crippen molar-refractivity contribution in [2.24, 2.45) is 0 Å². The van der Waals surface area contributed by atoms with Crippen LogP contribution in [0.2, 0.25) is 0 Å². The summed E-state index contributed by atoms with van der Waals surface area (Å²) in [4.78, 5) is 11.9. The van der Waals surface area contributed by atoms with Crippen LogP contribution in [0.3, 0.4) is 0 Å². The maximum Gasteiger partial charge on any atom is 0.246 e. The molecule has 8 nitrogen and oxygen atoms in total. The van der Waals surface area contributed by atoms with Gasteiger partial charge in [0.1, 0.15) is 18.7 Å². The molecular formula is C12H10FN7O. The van der Waals surface area contributed by atoms with Gasteiger partial charge < -0.3 is 5.32 Å². The van der Waals surface area contributed by atoms with Crippen LogP contribution in [0.25, 0.3) is 5.69 Å². The number of benzene rings is 1. The van der Waals surface area contributed by atoms with Crippen LogP contribution in [-0.4, -0.2) is 35.9 Å². The normalized spacial score (nSPS) is 10.5. The Morgan fingerprint density at radius 1 is 1.38 bits per heavy atom. The number of rotatable bonds is 4. The largest absolute Gasteiger partial charge is 0.323 e. The number of hydrogen-bond donors (Lipinski definition) is 1. The van der Waals surface area contributed by atoms with Crippen LogP contribution < -0.4 is 5.32 Å². The fraction of sp³-hybridized carbons (Fsp3) is 0.0833. The van der Waals surface area contributed by atoms with Crippen molar-refractivity contribution >= 4 is 11.6 Å². The average Bonchev–Trinajstić information content (AvgIpc) is 3.11. The molecular weight excluding hydrogens is 277 g/mol. The van der Waals surface area contributed by atoms with Crippen LogP contribution in [0.5, 0.6) is 0 Å². The number of carbonyl (C=O) groups excluding carboxylic acids is 1. The molecule has 3 aromatic rings. The molecule has 0 spiro atoms. The summed E-state index contributed by atoms with van der Waals surface area (Å²) in [5, 5.41) is 17.1. The second-order valence-corrected chi connectivity index (χ2v) is 4.17. The highest BCUT2D eigenvalue weighted by molar-refractivity contribution is 5.92. The van der Waals surface area contributed by atoms with E-state index in [1.54, 1.807) is 18.5 Å². The molecule has 1 aromatic carbocycles. The van der Waals surface area contributed by atoms with Gasteiger partial charge in [-0.05, 0) is 34.7 Å². The van der Waals surface area contributed by atoms with Crippen molar-refractivity contribution in [1.82, 2.24) is 30.0 Å². The third-order valence-corrected chi connectivity index (χ3v) is 2.68. The summed E-state index contributed by atoms with van der Waals surface area (Å²) < 4.78 is 16.2. The van der Waals surface area contributed by atoms with Gasteiger partial charge in [-0.25, -0.2) is 13.8 Å². The molecule has 0 fully saturated rings. The zero-order valence-electron chi connectivity index (χ0n) is 10.7. The lowest BCUT2D eigenvalue weighted by molar-refractivity contribution is -0.116. The highest BCUT2D eigenvalue weighted by Gasteiger charge is 2.11. The van der Waals surface area contributed by atoms with Crippen molar-refractivity contribution < 1.29 is 9.18 Å². The highest BCUT2D eigenvalue weighted by Crippen LogP contribution is 2.20. The minimum absolute atomic E-state index is 0.0674. The summed E-state index contributed by atoms with van der Waals surface area (Å²) in [5.41, 5.74) is 0.878. The topological polar surface area (TPSA) is 90.5 Å². The van der Waals surface area contributed by atoms with Gasteiger partial charge in [0.25, 0.3) is 0 Å². The predicted molar refractivity (Wildman–Crippen MR) is 70.0 cm³/mol. The van der Waals surface area contributed by atoms with Crippen LogP contribution in [0.4, 0.5) is 10.1 Å². The lowest BCUT2D eigenvalue weighted by Gasteiger charge is -2.11. The Morgan fingerprint density at radius 2 is 2.29 bits per heavy atom. The molecule has 2 heterocycles.